The third-order valence-electron chi connectivity index (χ3n) is 4.08. The topological polar surface area (TPSA) is 116 Å². The van der Waals surface area contributed by atoms with Crippen LogP contribution in [-0.4, -0.2) is 57.2 Å². The molecule has 1 aliphatic rings. The van der Waals surface area contributed by atoms with Crippen LogP contribution in [0.5, 0.6) is 0 Å². The Morgan fingerprint density at radius 2 is 2.16 bits per heavy atom. The SMILES string of the molecule is C=CCOOCCOC(=O)NCCCC1(CN=C=O)CCC1N=C=O. The van der Waals surface area contributed by atoms with E-state index in [9.17, 15) is 14.4 Å². The Balaban J connectivity index is 2.21. The number of hydrogen-bond acceptors (Lipinski definition) is 8. The molecule has 9 nitrogen and oxygen atoms in total. The fraction of sp³-hybridized carbons (Fsp3) is 0.688. The van der Waals surface area contributed by atoms with Gasteiger partial charge < -0.3 is 10.1 Å². The van der Waals surface area contributed by atoms with Crippen molar-refractivity contribution in [1.82, 2.24) is 5.32 Å². The highest BCUT2D eigenvalue weighted by Gasteiger charge is 2.46. The van der Waals surface area contributed by atoms with E-state index in [1.165, 1.54) is 12.2 Å². The number of rotatable bonds is 13. The van der Waals surface area contributed by atoms with Gasteiger partial charge in [-0.3, -0.25) is 0 Å². The van der Waals surface area contributed by atoms with Crippen molar-refractivity contribution in [2.75, 3.05) is 32.9 Å². The van der Waals surface area contributed by atoms with E-state index in [2.05, 4.69) is 26.8 Å². The van der Waals surface area contributed by atoms with Crippen molar-refractivity contribution in [3.05, 3.63) is 12.7 Å². The minimum absolute atomic E-state index is 0.0666. The van der Waals surface area contributed by atoms with Crippen molar-refractivity contribution in [1.29, 1.82) is 0 Å². The molecule has 0 spiro atoms. The van der Waals surface area contributed by atoms with Gasteiger partial charge in [-0.15, -0.1) is 6.58 Å². The van der Waals surface area contributed by atoms with Gasteiger partial charge in [-0.05, 0) is 25.7 Å². The van der Waals surface area contributed by atoms with Gasteiger partial charge in [0.25, 0.3) is 0 Å². The Morgan fingerprint density at radius 3 is 2.80 bits per heavy atom. The van der Waals surface area contributed by atoms with Gasteiger partial charge in [-0.2, -0.15) is 0 Å². The second kappa shape index (κ2) is 12.1. The third-order valence-corrected chi connectivity index (χ3v) is 4.08. The maximum absolute atomic E-state index is 11.5. The molecule has 1 N–H and O–H groups in total. The molecule has 0 heterocycles. The molecule has 0 aromatic rings. The zero-order chi connectivity index (χ0) is 18.4. The normalized spacial score (nSPS) is 21.2. The molecule has 1 rings (SSSR count). The number of alkyl carbamates (subject to hydrolysis) is 1. The second-order valence-corrected chi connectivity index (χ2v) is 5.61. The predicted octanol–water partition coefficient (Wildman–Crippen LogP) is 1.45. The van der Waals surface area contributed by atoms with Gasteiger partial charge in [-0.1, -0.05) is 6.08 Å². The Bertz CT molecular complexity index is 528. The molecule has 0 radical (unpaired) electrons. The summed E-state index contributed by atoms with van der Waals surface area (Å²) >= 11 is 0. The second-order valence-electron chi connectivity index (χ2n) is 5.61. The zero-order valence-electron chi connectivity index (χ0n) is 14.1. The number of nitrogens with zero attached hydrogens (tertiary/aromatic N) is 2. The van der Waals surface area contributed by atoms with E-state index in [1.54, 1.807) is 6.08 Å². The summed E-state index contributed by atoms with van der Waals surface area (Å²) in [5, 5.41) is 2.62. The number of nitrogens with one attached hydrogen (secondary N) is 1. The first kappa shape index (κ1) is 20.7. The molecule has 0 aliphatic heterocycles. The molecule has 1 fully saturated rings. The van der Waals surface area contributed by atoms with E-state index in [4.69, 9.17) is 9.62 Å². The number of amides is 1. The van der Waals surface area contributed by atoms with E-state index in [0.29, 0.717) is 19.4 Å². The average molecular weight is 353 g/mol. The van der Waals surface area contributed by atoms with E-state index >= 15 is 0 Å². The fourth-order valence-corrected chi connectivity index (χ4v) is 2.70. The first-order chi connectivity index (χ1) is 12.2. The number of isocyanates is 2. The van der Waals surface area contributed by atoms with Crippen LogP contribution in [0.15, 0.2) is 22.6 Å². The van der Waals surface area contributed by atoms with Gasteiger partial charge in [0.15, 0.2) is 0 Å². The van der Waals surface area contributed by atoms with Crippen LogP contribution in [0.3, 0.4) is 0 Å². The summed E-state index contributed by atoms with van der Waals surface area (Å²) in [5.41, 5.74) is -0.323. The molecule has 9 heteroatoms. The molecule has 0 saturated heterocycles. The molecule has 0 aromatic heterocycles. The molecule has 2 atom stereocenters. The third kappa shape index (κ3) is 7.41. The van der Waals surface area contributed by atoms with Gasteiger partial charge in [0.2, 0.25) is 12.2 Å². The predicted molar refractivity (Wildman–Crippen MR) is 87.3 cm³/mol. The minimum atomic E-state index is -0.552. The molecule has 0 bridgehead atoms. The summed E-state index contributed by atoms with van der Waals surface area (Å²) in [6, 6.07) is -0.179. The molecule has 0 aromatic carbocycles. The van der Waals surface area contributed by atoms with Crippen LogP contribution in [0.4, 0.5) is 4.79 Å². The zero-order valence-corrected chi connectivity index (χ0v) is 14.1. The van der Waals surface area contributed by atoms with Crippen LogP contribution in [0, 0.1) is 5.41 Å². The van der Waals surface area contributed by atoms with E-state index < -0.39 is 6.09 Å². The maximum Gasteiger partial charge on any atom is 0.407 e. The van der Waals surface area contributed by atoms with Gasteiger partial charge in [-0.25, -0.2) is 34.1 Å². The molecular formula is C16H23N3O6. The van der Waals surface area contributed by atoms with E-state index in [1.807, 2.05) is 0 Å². The van der Waals surface area contributed by atoms with Crippen molar-refractivity contribution in [3.8, 4) is 0 Å². The van der Waals surface area contributed by atoms with Gasteiger partial charge >= 0.3 is 6.09 Å². The number of hydrogen-bond donors (Lipinski definition) is 1. The quantitative estimate of drug-likeness (QED) is 0.134. The van der Waals surface area contributed by atoms with E-state index in [0.717, 1.165) is 12.8 Å². The van der Waals surface area contributed by atoms with Crippen LogP contribution in [-0.2, 0) is 24.1 Å². The standard InChI is InChI=1S/C16H23N3O6/c1-2-8-24-25-10-9-23-15(22)18-7-3-5-16(11-17-12-20)6-4-14(16)19-13-21/h2,14H,1,3-11H2,(H,18,22). The lowest BCUT2D eigenvalue weighted by atomic mass is 9.62. The van der Waals surface area contributed by atoms with E-state index in [-0.39, 0.29) is 37.8 Å². The number of aliphatic imine (C=N–C) groups is 2. The van der Waals surface area contributed by atoms with Gasteiger partial charge in [0.1, 0.15) is 19.8 Å². The lowest BCUT2D eigenvalue weighted by molar-refractivity contribution is -0.289. The summed E-state index contributed by atoms with van der Waals surface area (Å²) < 4.78 is 4.90. The van der Waals surface area contributed by atoms with Crippen molar-refractivity contribution in [2.24, 2.45) is 15.4 Å². The monoisotopic (exact) mass is 353 g/mol. The Labute approximate surface area is 146 Å². The largest absolute Gasteiger partial charge is 0.447 e. The van der Waals surface area contributed by atoms with Crippen LogP contribution in [0.25, 0.3) is 0 Å². The summed E-state index contributed by atoms with van der Waals surface area (Å²) in [6.07, 6.45) is 6.98. The Morgan fingerprint density at radius 1 is 1.32 bits per heavy atom. The molecule has 1 amide bonds. The molecule has 2 unspecified atom stereocenters. The van der Waals surface area contributed by atoms with Crippen molar-refractivity contribution >= 4 is 18.3 Å². The summed E-state index contributed by atoms with van der Waals surface area (Å²) in [6.45, 7) is 4.59. The highest BCUT2D eigenvalue weighted by molar-refractivity contribution is 5.66. The van der Waals surface area contributed by atoms with Crippen LogP contribution >= 0.6 is 0 Å². The molecule has 1 saturated carbocycles. The molecule has 138 valence electrons. The Hall–Kier alpha value is -2.31. The van der Waals surface area contributed by atoms with Crippen molar-refractivity contribution in [3.63, 3.8) is 0 Å². The highest BCUT2D eigenvalue weighted by Crippen LogP contribution is 2.47. The van der Waals surface area contributed by atoms with Crippen LogP contribution in [0.2, 0.25) is 0 Å². The lowest BCUT2D eigenvalue weighted by Gasteiger charge is -2.45. The summed E-state index contributed by atoms with van der Waals surface area (Å²) in [4.78, 5) is 49.2. The lowest BCUT2D eigenvalue weighted by Crippen LogP contribution is -2.46. The molecule has 25 heavy (non-hydrogen) atoms. The minimum Gasteiger partial charge on any atom is -0.447 e. The molecule has 1 aliphatic carbocycles. The number of ether oxygens (including phenoxy) is 1. The maximum atomic E-state index is 11.5. The van der Waals surface area contributed by atoms with Gasteiger partial charge in [0, 0.05) is 12.0 Å². The fourth-order valence-electron chi connectivity index (χ4n) is 2.70. The van der Waals surface area contributed by atoms with Crippen molar-refractivity contribution in [2.45, 2.75) is 31.7 Å². The van der Waals surface area contributed by atoms with Crippen LogP contribution in [0.1, 0.15) is 25.7 Å². The smallest absolute Gasteiger partial charge is 0.407 e. The first-order valence-electron chi connectivity index (χ1n) is 8.05. The Kier molecular flexibility index (Phi) is 10.0. The van der Waals surface area contributed by atoms with Crippen LogP contribution < -0.4 is 5.32 Å². The number of carbonyl (C=O) groups excluding carboxylic acids is 3. The first-order valence-corrected chi connectivity index (χ1v) is 8.05. The number of carbonyl (C=O) groups is 1. The summed E-state index contributed by atoms with van der Waals surface area (Å²) in [5.74, 6) is 0. The summed E-state index contributed by atoms with van der Waals surface area (Å²) in [7, 11) is 0. The van der Waals surface area contributed by atoms with Gasteiger partial charge in [0.05, 0.1) is 12.6 Å². The highest BCUT2D eigenvalue weighted by atomic mass is 17.2. The molecular weight excluding hydrogens is 330 g/mol. The van der Waals surface area contributed by atoms with Crippen molar-refractivity contribution < 1.29 is 28.9 Å². The average Bonchev–Trinajstić information content (AvgIpc) is 2.61.